The van der Waals surface area contributed by atoms with Crippen LogP contribution in [0.2, 0.25) is 5.02 Å². The molecular formula is C22H25ClFN3O2S. The van der Waals surface area contributed by atoms with Crippen LogP contribution in [0, 0.1) is 11.7 Å². The summed E-state index contributed by atoms with van der Waals surface area (Å²) in [6.45, 7) is 1.88. The van der Waals surface area contributed by atoms with E-state index in [9.17, 15) is 14.0 Å². The van der Waals surface area contributed by atoms with Gasteiger partial charge in [-0.25, -0.2) is 9.37 Å². The Hall–Kier alpha value is -1.99. The standard InChI is InChI=1S/C22H25ClFN3O2S/c23-18-11-15(6-7-19(18)24)22(29)27-10-2-5-16(12-27)21-26-17(13-30-21)8-9-25-20(28)14-3-1-4-14/h6-7,11,13-14,16H,1-5,8-10,12H2,(H,25,28)/t16-/m1/s1. The summed E-state index contributed by atoms with van der Waals surface area (Å²) in [5.41, 5.74) is 1.39. The van der Waals surface area contributed by atoms with Crippen molar-refractivity contribution in [1.29, 1.82) is 0 Å². The van der Waals surface area contributed by atoms with Gasteiger partial charge in [-0.1, -0.05) is 18.0 Å². The van der Waals surface area contributed by atoms with Gasteiger partial charge in [0.15, 0.2) is 0 Å². The molecule has 1 saturated carbocycles. The van der Waals surface area contributed by atoms with E-state index in [1.807, 2.05) is 5.38 Å². The Morgan fingerprint density at radius 3 is 2.83 bits per heavy atom. The van der Waals surface area contributed by atoms with Crippen LogP contribution in [0.4, 0.5) is 4.39 Å². The Labute approximate surface area is 184 Å². The third kappa shape index (κ3) is 4.83. The zero-order valence-corrected chi connectivity index (χ0v) is 18.3. The van der Waals surface area contributed by atoms with Crippen molar-refractivity contribution < 1.29 is 14.0 Å². The molecule has 2 aliphatic rings. The molecule has 1 aliphatic heterocycles. The number of thiazole rings is 1. The number of likely N-dealkylation sites (tertiary alicyclic amines) is 1. The highest BCUT2D eigenvalue weighted by Crippen LogP contribution is 2.30. The molecule has 1 aromatic heterocycles. The average molecular weight is 450 g/mol. The maximum atomic E-state index is 13.4. The van der Waals surface area contributed by atoms with Gasteiger partial charge in [0, 0.05) is 48.8 Å². The number of carbonyl (C=O) groups excluding carboxylic acids is 2. The molecule has 0 unspecified atom stereocenters. The topological polar surface area (TPSA) is 62.3 Å². The minimum atomic E-state index is -0.524. The Balaban J connectivity index is 1.32. The lowest BCUT2D eigenvalue weighted by molar-refractivity contribution is -0.127. The van der Waals surface area contributed by atoms with Crippen LogP contribution >= 0.6 is 22.9 Å². The lowest BCUT2D eigenvalue weighted by Gasteiger charge is -2.32. The molecule has 1 N–H and O–H groups in total. The SMILES string of the molecule is O=C(NCCc1csc([C@@H]2CCCN(C(=O)c3ccc(F)c(Cl)c3)C2)n1)C1CCC1. The quantitative estimate of drug-likeness (QED) is 0.710. The van der Waals surface area contributed by atoms with E-state index < -0.39 is 5.82 Å². The first kappa shape index (κ1) is 21.2. The summed E-state index contributed by atoms with van der Waals surface area (Å²) in [5, 5.41) is 6.05. The number of piperidine rings is 1. The molecule has 1 atom stereocenters. The Morgan fingerprint density at radius 2 is 2.10 bits per heavy atom. The first-order chi connectivity index (χ1) is 14.5. The maximum absolute atomic E-state index is 13.4. The van der Waals surface area contributed by atoms with E-state index in [1.54, 1.807) is 16.2 Å². The largest absolute Gasteiger partial charge is 0.355 e. The number of hydrogen-bond donors (Lipinski definition) is 1. The zero-order chi connectivity index (χ0) is 21.1. The number of benzene rings is 1. The van der Waals surface area contributed by atoms with Crippen LogP contribution in [0.25, 0.3) is 0 Å². The van der Waals surface area contributed by atoms with Gasteiger partial charge in [0.25, 0.3) is 5.91 Å². The highest BCUT2D eigenvalue weighted by molar-refractivity contribution is 7.09. The first-order valence-corrected chi connectivity index (χ1v) is 11.7. The molecule has 4 rings (SSSR count). The van der Waals surface area contributed by atoms with Crippen LogP contribution in [0.1, 0.15) is 59.1 Å². The lowest BCUT2D eigenvalue weighted by atomic mass is 9.85. The van der Waals surface area contributed by atoms with Gasteiger partial charge in [-0.05, 0) is 43.9 Å². The van der Waals surface area contributed by atoms with Crippen molar-refractivity contribution in [1.82, 2.24) is 15.2 Å². The van der Waals surface area contributed by atoms with E-state index in [1.165, 1.54) is 18.2 Å². The van der Waals surface area contributed by atoms with Gasteiger partial charge < -0.3 is 10.2 Å². The first-order valence-electron chi connectivity index (χ1n) is 10.5. The molecule has 5 nitrogen and oxygen atoms in total. The Kier molecular flexibility index (Phi) is 6.68. The van der Waals surface area contributed by atoms with Gasteiger partial charge in [-0.15, -0.1) is 11.3 Å². The smallest absolute Gasteiger partial charge is 0.253 e. The van der Waals surface area contributed by atoms with Crippen LogP contribution in [0.3, 0.4) is 0 Å². The van der Waals surface area contributed by atoms with E-state index in [-0.39, 0.29) is 28.7 Å². The van der Waals surface area contributed by atoms with Crippen molar-refractivity contribution in [3.8, 4) is 0 Å². The monoisotopic (exact) mass is 449 g/mol. The molecule has 1 saturated heterocycles. The Bertz CT molecular complexity index is 931. The Morgan fingerprint density at radius 1 is 1.27 bits per heavy atom. The molecule has 0 radical (unpaired) electrons. The molecule has 8 heteroatoms. The summed E-state index contributed by atoms with van der Waals surface area (Å²) in [6, 6.07) is 4.10. The van der Waals surface area contributed by atoms with Gasteiger partial charge in [0.2, 0.25) is 5.91 Å². The molecule has 1 aromatic carbocycles. The van der Waals surface area contributed by atoms with Crippen LogP contribution in [0.15, 0.2) is 23.6 Å². The highest BCUT2D eigenvalue weighted by atomic mass is 35.5. The van der Waals surface area contributed by atoms with Crippen LogP contribution in [0.5, 0.6) is 0 Å². The van der Waals surface area contributed by atoms with Gasteiger partial charge in [0.1, 0.15) is 5.82 Å². The second-order valence-corrected chi connectivity index (χ2v) is 9.36. The number of carbonyl (C=O) groups is 2. The molecule has 0 spiro atoms. The molecule has 2 heterocycles. The summed E-state index contributed by atoms with van der Waals surface area (Å²) in [6.07, 6.45) is 5.78. The van der Waals surface area contributed by atoms with Gasteiger partial charge >= 0.3 is 0 Å². The fourth-order valence-electron chi connectivity index (χ4n) is 3.93. The maximum Gasteiger partial charge on any atom is 0.253 e. The van der Waals surface area contributed by atoms with Crippen LogP contribution in [-0.2, 0) is 11.2 Å². The number of halogens is 2. The van der Waals surface area contributed by atoms with Crippen molar-refractivity contribution in [3.05, 3.63) is 50.7 Å². The molecule has 2 aromatic rings. The fraction of sp³-hybridized carbons (Fsp3) is 0.500. The fourth-order valence-corrected chi connectivity index (χ4v) is 5.09. The van der Waals surface area contributed by atoms with Crippen molar-refractivity contribution in [3.63, 3.8) is 0 Å². The van der Waals surface area contributed by atoms with E-state index in [0.717, 1.165) is 49.2 Å². The second kappa shape index (κ2) is 9.43. The van der Waals surface area contributed by atoms with Gasteiger partial charge in [-0.2, -0.15) is 0 Å². The van der Waals surface area contributed by atoms with Crippen molar-refractivity contribution >= 4 is 34.8 Å². The van der Waals surface area contributed by atoms with Gasteiger partial charge in [0.05, 0.1) is 15.7 Å². The van der Waals surface area contributed by atoms with Gasteiger partial charge in [-0.3, -0.25) is 9.59 Å². The summed E-state index contributed by atoms with van der Waals surface area (Å²) >= 11 is 7.45. The third-order valence-corrected chi connectivity index (χ3v) is 7.30. The number of rotatable bonds is 6. The van der Waals surface area contributed by atoms with Crippen molar-refractivity contribution in [2.75, 3.05) is 19.6 Å². The predicted octanol–water partition coefficient (Wildman–Crippen LogP) is 4.41. The van der Waals surface area contributed by atoms with Crippen molar-refractivity contribution in [2.24, 2.45) is 5.92 Å². The number of hydrogen-bond acceptors (Lipinski definition) is 4. The lowest BCUT2D eigenvalue weighted by Crippen LogP contribution is -2.39. The molecule has 30 heavy (non-hydrogen) atoms. The molecule has 2 fully saturated rings. The molecule has 2 amide bonds. The highest BCUT2D eigenvalue weighted by Gasteiger charge is 2.28. The summed E-state index contributed by atoms with van der Waals surface area (Å²) in [4.78, 5) is 31.3. The minimum absolute atomic E-state index is 0.0385. The summed E-state index contributed by atoms with van der Waals surface area (Å²) in [5.74, 6) is -0.0836. The number of nitrogens with one attached hydrogen (secondary N) is 1. The minimum Gasteiger partial charge on any atom is -0.355 e. The van der Waals surface area contributed by atoms with E-state index in [4.69, 9.17) is 16.6 Å². The molecule has 1 aliphatic carbocycles. The van der Waals surface area contributed by atoms with Crippen LogP contribution < -0.4 is 5.32 Å². The molecular weight excluding hydrogens is 425 g/mol. The zero-order valence-electron chi connectivity index (χ0n) is 16.7. The summed E-state index contributed by atoms with van der Waals surface area (Å²) in [7, 11) is 0. The van der Waals surface area contributed by atoms with Crippen LogP contribution in [-0.4, -0.2) is 41.3 Å². The average Bonchev–Trinajstić information content (AvgIpc) is 3.17. The summed E-state index contributed by atoms with van der Waals surface area (Å²) < 4.78 is 13.4. The van der Waals surface area contributed by atoms with E-state index in [2.05, 4.69) is 5.32 Å². The third-order valence-electron chi connectivity index (χ3n) is 5.95. The number of nitrogens with zero attached hydrogens (tertiary/aromatic N) is 2. The second-order valence-electron chi connectivity index (χ2n) is 8.07. The van der Waals surface area contributed by atoms with E-state index in [0.29, 0.717) is 25.2 Å². The predicted molar refractivity (Wildman–Crippen MR) is 115 cm³/mol. The van der Waals surface area contributed by atoms with E-state index >= 15 is 0 Å². The molecule has 0 bridgehead atoms. The number of aromatic nitrogens is 1. The molecule has 160 valence electrons. The van der Waals surface area contributed by atoms with Crippen molar-refractivity contribution in [2.45, 2.75) is 44.4 Å². The normalized spacial score (nSPS) is 19.4. The number of amides is 2.